The van der Waals surface area contributed by atoms with Crippen molar-refractivity contribution in [1.29, 1.82) is 0 Å². The van der Waals surface area contributed by atoms with Crippen molar-refractivity contribution >= 4 is 34.7 Å². The molecule has 2 aromatic carbocycles. The zero-order valence-electron chi connectivity index (χ0n) is 16.9. The minimum Gasteiger partial charge on any atom is -0.336 e. The van der Waals surface area contributed by atoms with E-state index in [4.69, 9.17) is 0 Å². The lowest BCUT2D eigenvalue weighted by Crippen LogP contribution is -2.14. The summed E-state index contributed by atoms with van der Waals surface area (Å²) in [4.78, 5) is 24.3. The van der Waals surface area contributed by atoms with Crippen molar-refractivity contribution in [3.05, 3.63) is 73.2 Å². The fourth-order valence-corrected chi connectivity index (χ4v) is 3.09. The van der Waals surface area contributed by atoms with Crippen LogP contribution in [0.15, 0.2) is 67.4 Å². The number of nitrogens with zero attached hydrogens (tertiary/aromatic N) is 5. The van der Waals surface area contributed by atoms with Crippen LogP contribution in [0.3, 0.4) is 0 Å². The predicted octanol–water partition coefficient (Wildman–Crippen LogP) is 4.03. The van der Waals surface area contributed by atoms with Crippen LogP contribution in [0.5, 0.6) is 0 Å². The minimum absolute atomic E-state index is 0.00476. The molecule has 9 nitrogen and oxygen atoms in total. The maximum atomic E-state index is 14.4. The molecule has 3 N–H and O–H groups in total. The molecular weight excluding hydrogens is 411 g/mol. The maximum absolute atomic E-state index is 14.4. The third kappa shape index (κ3) is 4.38. The van der Waals surface area contributed by atoms with Gasteiger partial charge in [0.2, 0.25) is 11.9 Å². The highest BCUT2D eigenvalue weighted by molar-refractivity contribution is 5.97. The molecule has 1 aliphatic carbocycles. The Morgan fingerprint density at radius 3 is 2.53 bits per heavy atom. The quantitative estimate of drug-likeness (QED) is 0.406. The van der Waals surface area contributed by atoms with Gasteiger partial charge in [0.05, 0.1) is 23.3 Å². The Bertz CT molecular complexity index is 1240. The zero-order chi connectivity index (χ0) is 21.9. The van der Waals surface area contributed by atoms with Gasteiger partial charge in [-0.25, -0.2) is 19.0 Å². The minimum atomic E-state index is -0.611. The molecular formula is C22H19FN8O. The Labute approximate surface area is 182 Å². The zero-order valence-corrected chi connectivity index (χ0v) is 16.9. The number of hydrogen-bond acceptors (Lipinski definition) is 7. The summed E-state index contributed by atoms with van der Waals surface area (Å²) in [5.74, 6) is -0.359. The summed E-state index contributed by atoms with van der Waals surface area (Å²) >= 11 is 0. The number of rotatable bonds is 7. The highest BCUT2D eigenvalue weighted by Crippen LogP contribution is 2.32. The van der Waals surface area contributed by atoms with Crippen molar-refractivity contribution in [1.82, 2.24) is 24.7 Å². The second-order valence-electron chi connectivity index (χ2n) is 7.34. The second-order valence-corrected chi connectivity index (χ2v) is 7.34. The molecule has 2 heterocycles. The Morgan fingerprint density at radius 1 is 1.03 bits per heavy atom. The Morgan fingerprint density at radius 2 is 1.81 bits per heavy atom. The van der Waals surface area contributed by atoms with E-state index >= 15 is 0 Å². The number of halogens is 1. The third-order valence-electron chi connectivity index (χ3n) is 4.94. The van der Waals surface area contributed by atoms with Crippen molar-refractivity contribution in [2.75, 3.05) is 16.0 Å². The summed E-state index contributed by atoms with van der Waals surface area (Å²) in [6.07, 6.45) is 5.96. The number of carbonyl (C=O) groups is 1. The van der Waals surface area contributed by atoms with Gasteiger partial charge >= 0.3 is 0 Å². The fraction of sp³-hybridized carbons (Fsp3) is 0.136. The molecule has 0 unspecified atom stereocenters. The van der Waals surface area contributed by atoms with Crippen LogP contribution in [0.2, 0.25) is 0 Å². The van der Waals surface area contributed by atoms with E-state index in [2.05, 4.69) is 36.0 Å². The molecule has 10 heteroatoms. The van der Waals surface area contributed by atoms with E-state index in [-0.39, 0.29) is 23.6 Å². The highest BCUT2D eigenvalue weighted by Gasteiger charge is 2.30. The molecule has 1 amide bonds. The normalized spacial score (nSPS) is 12.9. The molecule has 2 aromatic heterocycles. The van der Waals surface area contributed by atoms with Gasteiger partial charge in [-0.05, 0) is 49.2 Å². The number of carbonyl (C=O) groups excluding carboxylic acids is 1. The fourth-order valence-electron chi connectivity index (χ4n) is 3.09. The van der Waals surface area contributed by atoms with E-state index in [1.165, 1.54) is 6.33 Å². The summed E-state index contributed by atoms with van der Waals surface area (Å²) < 4.78 is 16.1. The number of anilines is 5. The average molecular weight is 430 g/mol. The van der Waals surface area contributed by atoms with Gasteiger partial charge in [-0.3, -0.25) is 4.79 Å². The number of nitrogens with one attached hydrogen (secondary N) is 3. The summed E-state index contributed by atoms with van der Waals surface area (Å²) in [5.41, 5.74) is 2.69. The van der Waals surface area contributed by atoms with E-state index in [0.717, 1.165) is 30.4 Å². The lowest BCUT2D eigenvalue weighted by molar-refractivity contribution is -0.117. The number of para-hydroxylation sites is 2. The molecule has 5 rings (SSSR count). The molecule has 0 atom stereocenters. The largest absolute Gasteiger partial charge is 0.336 e. The molecule has 0 radical (unpaired) electrons. The third-order valence-corrected chi connectivity index (χ3v) is 4.94. The van der Waals surface area contributed by atoms with Gasteiger partial charge in [-0.2, -0.15) is 10.1 Å². The Hall–Kier alpha value is -4.34. The van der Waals surface area contributed by atoms with E-state index in [1.807, 2.05) is 24.3 Å². The topological polar surface area (TPSA) is 110 Å². The maximum Gasteiger partial charge on any atom is 0.229 e. The first-order valence-electron chi connectivity index (χ1n) is 10.1. The summed E-state index contributed by atoms with van der Waals surface area (Å²) in [5, 5.41) is 13.0. The van der Waals surface area contributed by atoms with Crippen molar-refractivity contribution in [3.8, 4) is 5.69 Å². The Kier molecular flexibility index (Phi) is 5.16. The monoisotopic (exact) mass is 430 g/mol. The standard InChI is InChI=1S/C22H19FN8O/c23-17-11-25-22(27-15-7-9-16(10-8-15)31-13-24-12-26-31)30-20(17)28-18-3-1-2-4-19(18)29-21(32)14-5-6-14/h1-4,7-14H,5-6H2,(H,29,32)(H2,25,27,28,30). The van der Waals surface area contributed by atoms with Crippen molar-refractivity contribution in [2.45, 2.75) is 12.8 Å². The SMILES string of the molecule is O=C(Nc1ccccc1Nc1nc(Nc2ccc(-n3cncn3)cc2)ncc1F)C1CC1. The summed E-state index contributed by atoms with van der Waals surface area (Å²) in [6, 6.07) is 14.5. The van der Waals surface area contributed by atoms with Crippen LogP contribution < -0.4 is 16.0 Å². The molecule has 160 valence electrons. The first kappa shape index (κ1) is 19.6. The molecule has 4 aromatic rings. The van der Waals surface area contributed by atoms with Gasteiger partial charge in [0.15, 0.2) is 11.6 Å². The van der Waals surface area contributed by atoms with Crippen LogP contribution in [0.1, 0.15) is 12.8 Å². The number of aromatic nitrogens is 5. The lowest BCUT2D eigenvalue weighted by Gasteiger charge is -2.14. The van der Waals surface area contributed by atoms with Crippen LogP contribution in [0.25, 0.3) is 5.69 Å². The van der Waals surface area contributed by atoms with E-state index in [0.29, 0.717) is 11.4 Å². The van der Waals surface area contributed by atoms with E-state index in [9.17, 15) is 9.18 Å². The molecule has 0 aliphatic heterocycles. The van der Waals surface area contributed by atoms with Gasteiger partial charge < -0.3 is 16.0 Å². The molecule has 0 bridgehead atoms. The van der Waals surface area contributed by atoms with Gasteiger partial charge in [0, 0.05) is 11.6 Å². The molecule has 1 fully saturated rings. The average Bonchev–Trinajstić information content (AvgIpc) is 3.52. The van der Waals surface area contributed by atoms with E-state index < -0.39 is 5.82 Å². The van der Waals surface area contributed by atoms with Gasteiger partial charge in [0.25, 0.3) is 0 Å². The first-order chi connectivity index (χ1) is 15.7. The second kappa shape index (κ2) is 8.42. The molecule has 32 heavy (non-hydrogen) atoms. The van der Waals surface area contributed by atoms with Crippen molar-refractivity contribution < 1.29 is 9.18 Å². The summed E-state index contributed by atoms with van der Waals surface area (Å²) in [6.45, 7) is 0. The van der Waals surface area contributed by atoms with Crippen molar-refractivity contribution in [2.24, 2.45) is 5.92 Å². The predicted molar refractivity (Wildman–Crippen MR) is 118 cm³/mol. The first-order valence-corrected chi connectivity index (χ1v) is 10.1. The molecule has 0 spiro atoms. The number of benzene rings is 2. The van der Waals surface area contributed by atoms with Crippen LogP contribution in [-0.2, 0) is 4.79 Å². The molecule has 1 aliphatic rings. The summed E-state index contributed by atoms with van der Waals surface area (Å²) in [7, 11) is 0. The van der Waals surface area contributed by atoms with Crippen LogP contribution in [-0.4, -0.2) is 30.6 Å². The smallest absolute Gasteiger partial charge is 0.229 e. The highest BCUT2D eigenvalue weighted by atomic mass is 19.1. The molecule has 0 saturated heterocycles. The van der Waals surface area contributed by atoms with Crippen LogP contribution in [0.4, 0.5) is 33.2 Å². The van der Waals surface area contributed by atoms with E-state index in [1.54, 1.807) is 35.3 Å². The van der Waals surface area contributed by atoms with Gasteiger partial charge in [-0.1, -0.05) is 12.1 Å². The van der Waals surface area contributed by atoms with Crippen LogP contribution in [0, 0.1) is 11.7 Å². The number of amides is 1. The van der Waals surface area contributed by atoms with Gasteiger partial charge in [-0.15, -0.1) is 0 Å². The van der Waals surface area contributed by atoms with Crippen LogP contribution >= 0.6 is 0 Å². The van der Waals surface area contributed by atoms with Gasteiger partial charge in [0.1, 0.15) is 12.7 Å². The van der Waals surface area contributed by atoms with Crippen molar-refractivity contribution in [3.63, 3.8) is 0 Å². The lowest BCUT2D eigenvalue weighted by atomic mass is 10.2. The molecule has 1 saturated carbocycles. The Balaban J connectivity index is 1.33. The number of hydrogen-bond donors (Lipinski definition) is 3.